The Labute approximate surface area is 139 Å². The zero-order valence-electron chi connectivity index (χ0n) is 12.8. The van der Waals surface area contributed by atoms with Crippen LogP contribution in [-0.2, 0) is 11.8 Å². The Kier molecular flexibility index (Phi) is 4.02. The molecular weight excluding hydrogens is 335 g/mol. The van der Waals surface area contributed by atoms with Crippen LogP contribution in [0.1, 0.15) is 22.3 Å². The highest BCUT2D eigenvalue weighted by Crippen LogP contribution is 2.50. The van der Waals surface area contributed by atoms with Crippen molar-refractivity contribution in [3.63, 3.8) is 0 Å². The fourth-order valence-corrected chi connectivity index (χ4v) is 5.02. The molecule has 0 fully saturated rings. The minimum absolute atomic E-state index is 0.522. The molecule has 1 N–H and O–H groups in total. The molecule has 6 heteroatoms. The van der Waals surface area contributed by atoms with Crippen molar-refractivity contribution in [2.24, 2.45) is 0 Å². The van der Waals surface area contributed by atoms with E-state index in [9.17, 15) is 4.89 Å². The molecule has 116 valence electrons. The lowest BCUT2D eigenvalue weighted by Crippen LogP contribution is -2.05. The maximum atomic E-state index is 10.4. The van der Waals surface area contributed by atoms with Crippen LogP contribution < -0.4 is 9.05 Å². The molecule has 0 amide bonds. The van der Waals surface area contributed by atoms with Crippen molar-refractivity contribution in [1.82, 2.24) is 0 Å². The first-order chi connectivity index (χ1) is 10.3. The Morgan fingerprint density at radius 1 is 0.909 bits per heavy atom. The Hall–Kier alpha value is -1.00. The highest BCUT2D eigenvalue weighted by molar-refractivity contribution is 8.07. The van der Waals surface area contributed by atoms with Crippen LogP contribution in [-0.4, -0.2) is 4.89 Å². The number of benzene rings is 2. The predicted molar refractivity (Wildman–Crippen MR) is 93.7 cm³/mol. The van der Waals surface area contributed by atoms with Crippen molar-refractivity contribution in [2.75, 3.05) is 0 Å². The summed E-state index contributed by atoms with van der Waals surface area (Å²) in [6, 6.07) is 7.55. The van der Waals surface area contributed by atoms with E-state index in [0.29, 0.717) is 11.5 Å². The third-order valence-corrected chi connectivity index (χ3v) is 6.58. The third-order valence-electron chi connectivity index (χ3n) is 3.96. The third kappa shape index (κ3) is 2.79. The van der Waals surface area contributed by atoms with E-state index in [1.165, 1.54) is 4.90 Å². The minimum atomic E-state index is -3.40. The molecule has 1 unspecified atom stereocenters. The quantitative estimate of drug-likeness (QED) is 0.671. The molecule has 6 rings (SSSR count). The normalized spacial score (nSPS) is 20.0. The largest absolute Gasteiger partial charge is 0.432 e. The SMILES string of the molecule is Cc1c(C)c2c(C)c(C)c1OP(O)(=S)Oc1ccc(cc1)S2. The van der Waals surface area contributed by atoms with E-state index in [2.05, 4.69) is 13.8 Å². The first-order valence-electron chi connectivity index (χ1n) is 6.89. The van der Waals surface area contributed by atoms with Crippen LogP contribution in [0.2, 0.25) is 0 Å². The van der Waals surface area contributed by atoms with Gasteiger partial charge >= 0.3 is 6.72 Å². The number of rotatable bonds is 0. The van der Waals surface area contributed by atoms with Gasteiger partial charge in [-0.1, -0.05) is 11.8 Å². The summed E-state index contributed by atoms with van der Waals surface area (Å²) < 4.78 is 11.3. The minimum Gasteiger partial charge on any atom is -0.416 e. The van der Waals surface area contributed by atoms with Crippen LogP contribution in [0.5, 0.6) is 11.5 Å². The van der Waals surface area contributed by atoms with E-state index >= 15 is 0 Å². The summed E-state index contributed by atoms with van der Waals surface area (Å²) in [5, 5.41) is 0. The Bertz CT molecular complexity index is 771. The molecule has 3 nitrogen and oxygen atoms in total. The molecule has 0 spiro atoms. The first kappa shape index (κ1) is 15.9. The van der Waals surface area contributed by atoms with Gasteiger partial charge in [-0.15, -0.1) is 0 Å². The van der Waals surface area contributed by atoms with Crippen molar-refractivity contribution in [1.29, 1.82) is 0 Å². The molecule has 1 atom stereocenters. The molecule has 4 aliphatic rings. The zero-order valence-corrected chi connectivity index (χ0v) is 15.4. The monoisotopic (exact) mass is 352 g/mol. The molecule has 4 bridgehead atoms. The van der Waals surface area contributed by atoms with Gasteiger partial charge in [-0.25, -0.2) is 0 Å². The molecule has 0 saturated carbocycles. The summed E-state index contributed by atoms with van der Waals surface area (Å²) in [7, 11) is 0. The van der Waals surface area contributed by atoms with Gasteiger partial charge in [0.2, 0.25) is 0 Å². The lowest BCUT2D eigenvalue weighted by Gasteiger charge is -2.25. The van der Waals surface area contributed by atoms with E-state index < -0.39 is 6.72 Å². The van der Waals surface area contributed by atoms with Crippen molar-refractivity contribution >= 4 is 30.3 Å². The van der Waals surface area contributed by atoms with Gasteiger partial charge in [0.25, 0.3) is 0 Å². The van der Waals surface area contributed by atoms with E-state index in [4.69, 9.17) is 20.9 Å². The average molecular weight is 352 g/mol. The summed E-state index contributed by atoms with van der Waals surface area (Å²) >= 11 is 6.91. The van der Waals surface area contributed by atoms with Crippen molar-refractivity contribution in [2.45, 2.75) is 37.5 Å². The predicted octanol–water partition coefficient (Wildman–Crippen LogP) is 5.06. The highest BCUT2D eigenvalue weighted by atomic mass is 32.5. The first-order valence-corrected chi connectivity index (χ1v) is 10.3. The number of hydrogen-bond acceptors (Lipinski definition) is 4. The van der Waals surface area contributed by atoms with Crippen molar-refractivity contribution in [3.05, 3.63) is 46.5 Å². The second-order valence-electron chi connectivity index (χ2n) is 5.38. The van der Waals surface area contributed by atoms with E-state index in [-0.39, 0.29) is 0 Å². The lowest BCUT2D eigenvalue weighted by molar-refractivity contribution is 0.374. The topological polar surface area (TPSA) is 38.7 Å². The molecule has 4 aliphatic heterocycles. The molecular formula is C16H17O3PS2. The van der Waals surface area contributed by atoms with Gasteiger partial charge in [-0.05, 0) is 74.2 Å². The number of hydrogen-bond donors (Lipinski definition) is 1. The van der Waals surface area contributed by atoms with Gasteiger partial charge in [0.05, 0.1) is 0 Å². The van der Waals surface area contributed by atoms with Crippen LogP contribution >= 0.6 is 18.5 Å². The molecule has 22 heavy (non-hydrogen) atoms. The van der Waals surface area contributed by atoms with Gasteiger partial charge < -0.3 is 13.9 Å². The van der Waals surface area contributed by atoms with Crippen LogP contribution in [0.4, 0.5) is 0 Å². The lowest BCUT2D eigenvalue weighted by atomic mass is 10.00. The molecule has 4 heterocycles. The highest BCUT2D eigenvalue weighted by Gasteiger charge is 2.25. The standard InChI is InChI=1S/C16H17O3PS2/c1-9-11(3)16-12(4)10(2)15(9)19-20(17,21)18-13-5-7-14(22-16)8-6-13/h5-8H,1-4H3,(H,17,21). The van der Waals surface area contributed by atoms with E-state index in [0.717, 1.165) is 27.1 Å². The maximum Gasteiger partial charge on any atom is 0.432 e. The Morgan fingerprint density at radius 3 is 2.00 bits per heavy atom. The zero-order chi connectivity index (χ0) is 16.1. The average Bonchev–Trinajstić information content (AvgIpc) is 2.46. The van der Waals surface area contributed by atoms with Crippen LogP contribution in [0.3, 0.4) is 0 Å². The van der Waals surface area contributed by atoms with Crippen LogP contribution in [0, 0.1) is 27.7 Å². The molecule has 0 radical (unpaired) electrons. The van der Waals surface area contributed by atoms with Gasteiger partial charge in [0.1, 0.15) is 11.5 Å². The maximum absolute atomic E-state index is 10.4. The van der Waals surface area contributed by atoms with Gasteiger partial charge in [0, 0.05) is 21.6 Å². The van der Waals surface area contributed by atoms with Gasteiger partial charge in [0.15, 0.2) is 0 Å². The molecule has 0 saturated heterocycles. The summed E-state index contributed by atoms with van der Waals surface area (Å²) in [5.41, 5.74) is 4.27. The smallest absolute Gasteiger partial charge is 0.416 e. The van der Waals surface area contributed by atoms with E-state index in [1.54, 1.807) is 23.9 Å². The van der Waals surface area contributed by atoms with Crippen LogP contribution in [0.25, 0.3) is 0 Å². The summed E-state index contributed by atoms with van der Waals surface area (Å²) in [6.07, 6.45) is 0. The van der Waals surface area contributed by atoms with Gasteiger partial charge in [-0.3, -0.25) is 0 Å². The molecule has 2 aromatic rings. The fourth-order valence-electron chi connectivity index (χ4n) is 2.49. The Morgan fingerprint density at radius 2 is 1.45 bits per heavy atom. The van der Waals surface area contributed by atoms with Gasteiger partial charge in [-0.2, -0.15) is 0 Å². The van der Waals surface area contributed by atoms with Crippen molar-refractivity contribution in [3.8, 4) is 11.5 Å². The fraction of sp³-hybridized carbons (Fsp3) is 0.250. The van der Waals surface area contributed by atoms with E-state index in [1.807, 2.05) is 26.0 Å². The summed E-state index contributed by atoms with van der Waals surface area (Å²) in [4.78, 5) is 12.8. The molecule has 0 aromatic heterocycles. The molecule has 2 aromatic carbocycles. The van der Waals surface area contributed by atoms with Crippen molar-refractivity contribution < 1.29 is 13.9 Å². The summed E-state index contributed by atoms with van der Waals surface area (Å²) in [5.74, 6) is 1.16. The summed E-state index contributed by atoms with van der Waals surface area (Å²) in [6.45, 7) is 4.72. The second-order valence-corrected chi connectivity index (χ2v) is 9.15. The van der Waals surface area contributed by atoms with Crippen LogP contribution in [0.15, 0.2) is 34.1 Å². The second kappa shape index (κ2) is 5.57. The molecule has 0 aliphatic carbocycles. The Balaban J connectivity index is 2.32.